The van der Waals surface area contributed by atoms with Crippen molar-refractivity contribution in [2.45, 2.75) is 39.7 Å². The molecule has 0 saturated heterocycles. The molecular weight excluding hydrogens is 248 g/mol. The zero-order valence-corrected chi connectivity index (χ0v) is 11.8. The first-order valence-electron chi connectivity index (χ1n) is 6.21. The summed E-state index contributed by atoms with van der Waals surface area (Å²) in [5.74, 6) is -0.932. The van der Waals surface area contributed by atoms with Gasteiger partial charge in [-0.3, -0.25) is 9.36 Å². The summed E-state index contributed by atoms with van der Waals surface area (Å²) >= 11 is 0. The lowest BCUT2D eigenvalue weighted by Crippen LogP contribution is -2.33. The molecule has 1 aromatic rings. The number of carbonyl (C=O) groups is 1. The Kier molecular flexibility index (Phi) is 5.23. The van der Waals surface area contributed by atoms with Crippen LogP contribution in [0.1, 0.15) is 36.3 Å². The van der Waals surface area contributed by atoms with Gasteiger partial charge >= 0.3 is 11.7 Å². The number of aryl methyl sites for hydroxylation is 1. The van der Waals surface area contributed by atoms with Crippen molar-refractivity contribution in [3.8, 4) is 0 Å². The fourth-order valence-corrected chi connectivity index (χ4v) is 2.22. The van der Waals surface area contributed by atoms with Crippen molar-refractivity contribution in [3.05, 3.63) is 27.4 Å². The molecular formula is C13H20N2O4. The Labute approximate surface area is 112 Å². The Morgan fingerprint density at radius 3 is 2.58 bits per heavy atom. The molecule has 6 nitrogen and oxygen atoms in total. The Hall–Kier alpha value is -1.69. The molecule has 1 unspecified atom stereocenters. The molecule has 0 amide bonds. The zero-order valence-electron chi connectivity index (χ0n) is 11.8. The number of methoxy groups -OCH3 is 1. The second-order valence-corrected chi connectivity index (χ2v) is 4.50. The zero-order chi connectivity index (χ0) is 14.6. The minimum Gasteiger partial charge on any atom is -0.481 e. The molecule has 0 aromatic carbocycles. The minimum absolute atomic E-state index is 0.127. The first-order chi connectivity index (χ1) is 8.92. The van der Waals surface area contributed by atoms with Gasteiger partial charge in [0.2, 0.25) is 0 Å². The smallest absolute Gasteiger partial charge is 0.348 e. The SMILES string of the molecule is CCC(COC)n1c(C)c(CC(=O)O)c(C)nc1=O. The number of aliphatic carboxylic acids is 1. The Morgan fingerprint density at radius 1 is 1.47 bits per heavy atom. The second kappa shape index (κ2) is 6.47. The van der Waals surface area contributed by atoms with E-state index in [1.54, 1.807) is 21.0 Å². The van der Waals surface area contributed by atoms with Crippen LogP contribution in [0.25, 0.3) is 0 Å². The van der Waals surface area contributed by atoms with Gasteiger partial charge in [0, 0.05) is 24.1 Å². The Bertz CT molecular complexity index is 522. The van der Waals surface area contributed by atoms with Crippen molar-refractivity contribution >= 4 is 5.97 Å². The molecule has 1 N–H and O–H groups in total. The number of ether oxygens (including phenoxy) is 1. The van der Waals surface area contributed by atoms with Gasteiger partial charge in [-0.2, -0.15) is 4.98 Å². The molecule has 1 rings (SSSR count). The summed E-state index contributed by atoms with van der Waals surface area (Å²) in [5.41, 5.74) is 1.38. The number of aromatic nitrogens is 2. The third-order valence-electron chi connectivity index (χ3n) is 3.23. The average Bonchev–Trinajstić information content (AvgIpc) is 2.32. The van der Waals surface area contributed by atoms with Gasteiger partial charge in [-0.05, 0) is 20.3 Å². The fourth-order valence-electron chi connectivity index (χ4n) is 2.22. The summed E-state index contributed by atoms with van der Waals surface area (Å²) in [5, 5.41) is 8.94. The van der Waals surface area contributed by atoms with Crippen molar-refractivity contribution in [2.24, 2.45) is 0 Å². The van der Waals surface area contributed by atoms with Crippen LogP contribution in [0.3, 0.4) is 0 Å². The van der Waals surface area contributed by atoms with Gasteiger partial charge in [0.1, 0.15) is 0 Å². The van der Waals surface area contributed by atoms with E-state index >= 15 is 0 Å². The van der Waals surface area contributed by atoms with Crippen LogP contribution in [0, 0.1) is 13.8 Å². The molecule has 0 aliphatic carbocycles. The number of carboxylic acids is 1. The number of hydrogen-bond donors (Lipinski definition) is 1. The molecule has 0 aliphatic rings. The average molecular weight is 268 g/mol. The van der Waals surface area contributed by atoms with Gasteiger partial charge in [0.25, 0.3) is 0 Å². The maximum Gasteiger partial charge on any atom is 0.348 e. The summed E-state index contributed by atoms with van der Waals surface area (Å²) in [6.45, 7) is 5.77. The van der Waals surface area contributed by atoms with E-state index in [0.717, 1.165) is 0 Å². The quantitative estimate of drug-likeness (QED) is 0.835. The lowest BCUT2D eigenvalue weighted by molar-refractivity contribution is -0.136. The maximum absolute atomic E-state index is 12.0. The van der Waals surface area contributed by atoms with E-state index < -0.39 is 5.97 Å². The van der Waals surface area contributed by atoms with Crippen molar-refractivity contribution < 1.29 is 14.6 Å². The van der Waals surface area contributed by atoms with Crippen LogP contribution in [-0.4, -0.2) is 34.3 Å². The summed E-state index contributed by atoms with van der Waals surface area (Å²) in [4.78, 5) is 26.8. The number of nitrogens with zero attached hydrogens (tertiary/aromatic N) is 2. The van der Waals surface area contributed by atoms with Crippen molar-refractivity contribution in [1.82, 2.24) is 9.55 Å². The van der Waals surface area contributed by atoms with E-state index in [0.29, 0.717) is 30.0 Å². The Balaban J connectivity index is 3.39. The van der Waals surface area contributed by atoms with E-state index in [-0.39, 0.29) is 18.2 Å². The van der Waals surface area contributed by atoms with Gasteiger partial charge < -0.3 is 9.84 Å². The van der Waals surface area contributed by atoms with Crippen molar-refractivity contribution in [3.63, 3.8) is 0 Å². The maximum atomic E-state index is 12.0. The molecule has 1 atom stereocenters. The van der Waals surface area contributed by atoms with E-state index in [1.165, 1.54) is 4.57 Å². The molecule has 106 valence electrons. The van der Waals surface area contributed by atoms with E-state index in [2.05, 4.69) is 4.98 Å². The summed E-state index contributed by atoms with van der Waals surface area (Å²) in [6, 6.07) is -0.127. The molecule has 0 saturated carbocycles. The molecule has 0 aliphatic heterocycles. The van der Waals surface area contributed by atoms with Crippen LogP contribution in [0.2, 0.25) is 0 Å². The molecule has 1 aromatic heterocycles. The lowest BCUT2D eigenvalue weighted by Gasteiger charge is -2.22. The lowest BCUT2D eigenvalue weighted by atomic mass is 10.1. The standard InChI is InChI=1S/C13H20N2O4/c1-5-10(7-19-4)15-9(3)11(6-12(16)17)8(2)14-13(15)18/h10H,5-7H2,1-4H3,(H,16,17). The number of rotatable bonds is 6. The third kappa shape index (κ3) is 3.41. The first kappa shape index (κ1) is 15.4. The molecule has 0 radical (unpaired) electrons. The van der Waals surface area contributed by atoms with Crippen LogP contribution in [-0.2, 0) is 16.0 Å². The largest absolute Gasteiger partial charge is 0.481 e. The highest BCUT2D eigenvalue weighted by molar-refractivity contribution is 5.70. The van der Waals surface area contributed by atoms with E-state index in [9.17, 15) is 9.59 Å². The molecule has 0 bridgehead atoms. The van der Waals surface area contributed by atoms with Crippen LogP contribution < -0.4 is 5.69 Å². The predicted molar refractivity (Wildman–Crippen MR) is 70.5 cm³/mol. The van der Waals surface area contributed by atoms with E-state index in [1.807, 2.05) is 6.92 Å². The molecule has 0 spiro atoms. The second-order valence-electron chi connectivity index (χ2n) is 4.50. The normalized spacial score (nSPS) is 12.4. The topological polar surface area (TPSA) is 81.4 Å². The van der Waals surface area contributed by atoms with Gasteiger partial charge in [-0.1, -0.05) is 6.92 Å². The highest BCUT2D eigenvalue weighted by Crippen LogP contribution is 2.17. The van der Waals surface area contributed by atoms with E-state index in [4.69, 9.17) is 9.84 Å². The van der Waals surface area contributed by atoms with Gasteiger partial charge in [-0.25, -0.2) is 4.79 Å². The summed E-state index contributed by atoms with van der Waals surface area (Å²) in [6.07, 6.45) is 0.584. The first-order valence-corrected chi connectivity index (χ1v) is 6.21. The summed E-state index contributed by atoms with van der Waals surface area (Å²) < 4.78 is 6.64. The predicted octanol–water partition coefficient (Wildman–Crippen LogP) is 1.08. The number of carboxylic acid groups (broad SMARTS) is 1. The molecule has 1 heterocycles. The monoisotopic (exact) mass is 268 g/mol. The summed E-state index contributed by atoms with van der Waals surface area (Å²) in [7, 11) is 1.57. The minimum atomic E-state index is -0.932. The molecule has 0 fully saturated rings. The van der Waals surface area contributed by atoms with Crippen LogP contribution in [0.4, 0.5) is 0 Å². The van der Waals surface area contributed by atoms with Gasteiger partial charge in [-0.15, -0.1) is 0 Å². The van der Waals surface area contributed by atoms with Crippen LogP contribution >= 0.6 is 0 Å². The molecule has 6 heteroatoms. The third-order valence-corrected chi connectivity index (χ3v) is 3.23. The fraction of sp³-hybridized carbons (Fsp3) is 0.615. The van der Waals surface area contributed by atoms with Crippen LogP contribution in [0.5, 0.6) is 0 Å². The molecule has 19 heavy (non-hydrogen) atoms. The highest BCUT2D eigenvalue weighted by atomic mass is 16.5. The highest BCUT2D eigenvalue weighted by Gasteiger charge is 2.19. The van der Waals surface area contributed by atoms with Gasteiger partial charge in [0.15, 0.2) is 0 Å². The van der Waals surface area contributed by atoms with Crippen molar-refractivity contribution in [1.29, 1.82) is 0 Å². The van der Waals surface area contributed by atoms with Crippen LogP contribution in [0.15, 0.2) is 4.79 Å². The number of hydrogen-bond acceptors (Lipinski definition) is 4. The Morgan fingerprint density at radius 2 is 2.11 bits per heavy atom. The van der Waals surface area contributed by atoms with Gasteiger partial charge in [0.05, 0.1) is 19.1 Å². The van der Waals surface area contributed by atoms with Crippen molar-refractivity contribution in [2.75, 3.05) is 13.7 Å².